The summed E-state index contributed by atoms with van der Waals surface area (Å²) in [5.74, 6) is 2.10. The zero-order valence-corrected chi connectivity index (χ0v) is 17.6. The molecule has 2 aliphatic rings. The van der Waals surface area contributed by atoms with E-state index in [0.29, 0.717) is 37.8 Å². The second kappa shape index (κ2) is 8.67. The largest absolute Gasteiger partial charge is 0.492 e. The lowest BCUT2D eigenvalue weighted by atomic mass is 10.2. The van der Waals surface area contributed by atoms with Gasteiger partial charge in [0.15, 0.2) is 5.82 Å². The molecule has 0 amide bonds. The van der Waals surface area contributed by atoms with Crippen molar-refractivity contribution in [2.75, 3.05) is 43.4 Å². The molecule has 0 unspecified atom stereocenters. The Bertz CT molecular complexity index is 904. The van der Waals surface area contributed by atoms with Crippen molar-refractivity contribution in [3.05, 3.63) is 47.7 Å². The zero-order valence-electron chi connectivity index (χ0n) is 16.8. The van der Waals surface area contributed by atoms with Crippen LogP contribution in [-0.2, 0) is 16.4 Å². The number of aryl methyl sites for hydroxylation is 1. The van der Waals surface area contributed by atoms with Gasteiger partial charge in [-0.2, -0.15) is 9.40 Å². The van der Waals surface area contributed by atoms with Gasteiger partial charge >= 0.3 is 0 Å². The molecule has 8 heteroatoms. The van der Waals surface area contributed by atoms with Gasteiger partial charge < -0.3 is 9.64 Å². The van der Waals surface area contributed by atoms with E-state index in [2.05, 4.69) is 22.0 Å². The molecule has 0 atom stereocenters. The molecule has 2 aromatic rings. The van der Waals surface area contributed by atoms with Crippen LogP contribution in [-0.4, -0.2) is 61.5 Å². The molecule has 2 heterocycles. The smallest absolute Gasteiger partial charge is 0.217 e. The SMILES string of the molecule is CCc1ccc(OCCS(=O)(=O)N2CCN(c3ccc(C4CC4)nn3)CC2)cc1. The van der Waals surface area contributed by atoms with E-state index < -0.39 is 10.0 Å². The minimum atomic E-state index is -3.34. The summed E-state index contributed by atoms with van der Waals surface area (Å²) >= 11 is 0. The molecule has 0 N–H and O–H groups in total. The number of ether oxygens (including phenoxy) is 1. The second-order valence-corrected chi connectivity index (χ2v) is 9.73. The van der Waals surface area contributed by atoms with E-state index in [-0.39, 0.29) is 12.4 Å². The molecule has 156 valence electrons. The highest BCUT2D eigenvalue weighted by Crippen LogP contribution is 2.38. The highest BCUT2D eigenvalue weighted by molar-refractivity contribution is 7.89. The molecule has 1 aromatic heterocycles. The second-order valence-electron chi connectivity index (χ2n) is 7.64. The van der Waals surface area contributed by atoms with Crippen molar-refractivity contribution < 1.29 is 13.2 Å². The van der Waals surface area contributed by atoms with E-state index in [9.17, 15) is 8.42 Å². The number of anilines is 1. The fraction of sp³-hybridized carbons (Fsp3) is 0.524. The fourth-order valence-corrected chi connectivity index (χ4v) is 4.78. The van der Waals surface area contributed by atoms with Crippen molar-refractivity contribution in [3.8, 4) is 5.75 Å². The number of piperazine rings is 1. The van der Waals surface area contributed by atoms with Gasteiger partial charge in [0, 0.05) is 32.1 Å². The van der Waals surface area contributed by atoms with E-state index >= 15 is 0 Å². The van der Waals surface area contributed by atoms with Gasteiger partial charge in [0.05, 0.1) is 11.4 Å². The molecule has 4 rings (SSSR count). The number of nitrogens with zero attached hydrogens (tertiary/aromatic N) is 4. The maximum atomic E-state index is 12.6. The van der Waals surface area contributed by atoms with Crippen molar-refractivity contribution in [3.63, 3.8) is 0 Å². The summed E-state index contributed by atoms with van der Waals surface area (Å²) in [7, 11) is -3.34. The van der Waals surface area contributed by atoms with E-state index in [4.69, 9.17) is 4.74 Å². The quantitative estimate of drug-likeness (QED) is 0.658. The Morgan fingerprint density at radius 2 is 1.72 bits per heavy atom. The predicted octanol–water partition coefficient (Wildman–Crippen LogP) is 2.45. The van der Waals surface area contributed by atoms with Crippen LogP contribution < -0.4 is 9.64 Å². The Kier molecular flexibility index (Phi) is 6.01. The molecule has 1 aliphatic heterocycles. The number of hydrogen-bond acceptors (Lipinski definition) is 6. The number of benzene rings is 1. The number of aromatic nitrogens is 2. The molecule has 0 bridgehead atoms. The number of hydrogen-bond donors (Lipinski definition) is 0. The predicted molar refractivity (Wildman–Crippen MR) is 113 cm³/mol. The number of sulfonamides is 1. The highest BCUT2D eigenvalue weighted by atomic mass is 32.2. The normalized spacial score (nSPS) is 18.0. The highest BCUT2D eigenvalue weighted by Gasteiger charge is 2.28. The van der Waals surface area contributed by atoms with E-state index in [0.717, 1.165) is 17.9 Å². The third kappa shape index (κ3) is 5.05. The maximum Gasteiger partial charge on any atom is 0.217 e. The van der Waals surface area contributed by atoms with Gasteiger partial charge in [-0.1, -0.05) is 19.1 Å². The van der Waals surface area contributed by atoms with Gasteiger partial charge in [-0.25, -0.2) is 8.42 Å². The lowest BCUT2D eigenvalue weighted by molar-refractivity contribution is 0.331. The molecule has 7 nitrogen and oxygen atoms in total. The van der Waals surface area contributed by atoms with Crippen molar-refractivity contribution in [1.29, 1.82) is 0 Å². The van der Waals surface area contributed by atoms with Crippen molar-refractivity contribution in [2.45, 2.75) is 32.1 Å². The summed E-state index contributed by atoms with van der Waals surface area (Å²) in [6.45, 7) is 4.41. The Labute approximate surface area is 172 Å². The van der Waals surface area contributed by atoms with Crippen LogP contribution in [0, 0.1) is 0 Å². The fourth-order valence-electron chi connectivity index (χ4n) is 3.51. The van der Waals surface area contributed by atoms with E-state index in [1.165, 1.54) is 18.4 Å². The third-order valence-corrected chi connectivity index (χ3v) is 7.40. The zero-order chi connectivity index (χ0) is 20.3. The lowest BCUT2D eigenvalue weighted by Crippen LogP contribution is -2.50. The summed E-state index contributed by atoms with van der Waals surface area (Å²) < 4.78 is 32.5. The standard InChI is InChI=1S/C21H28N4O3S/c1-2-17-3-7-19(8-4-17)28-15-16-29(26,27)25-13-11-24(12-14-25)21-10-9-20(22-23-21)18-5-6-18/h3-4,7-10,18H,2,5-6,11-16H2,1H3. The summed E-state index contributed by atoms with van der Waals surface area (Å²) in [4.78, 5) is 2.10. The van der Waals surface area contributed by atoms with Gasteiger partial charge in [-0.3, -0.25) is 0 Å². The minimum absolute atomic E-state index is 0.0155. The van der Waals surface area contributed by atoms with Crippen molar-refractivity contribution in [1.82, 2.24) is 14.5 Å². The van der Waals surface area contributed by atoms with E-state index in [1.807, 2.05) is 36.4 Å². The Balaban J connectivity index is 1.25. The van der Waals surface area contributed by atoms with Crippen LogP contribution >= 0.6 is 0 Å². The van der Waals surface area contributed by atoms with Crippen molar-refractivity contribution in [2.24, 2.45) is 0 Å². The Morgan fingerprint density at radius 1 is 1.00 bits per heavy atom. The molecule has 0 radical (unpaired) electrons. The average Bonchev–Trinajstić information content (AvgIpc) is 3.60. The molecule has 0 spiro atoms. The summed E-state index contributed by atoms with van der Waals surface area (Å²) in [6, 6.07) is 11.8. The molecule has 2 fully saturated rings. The van der Waals surface area contributed by atoms with Crippen LogP contribution in [0.1, 0.15) is 36.9 Å². The summed E-state index contributed by atoms with van der Waals surface area (Å²) in [6.07, 6.45) is 3.38. The topological polar surface area (TPSA) is 75.6 Å². The molecule has 1 aliphatic carbocycles. The van der Waals surface area contributed by atoms with E-state index in [1.54, 1.807) is 4.31 Å². The van der Waals surface area contributed by atoms with Crippen LogP contribution in [0.25, 0.3) is 0 Å². The van der Waals surface area contributed by atoms with Crippen LogP contribution in [0.5, 0.6) is 5.75 Å². The average molecular weight is 417 g/mol. The first kappa shape index (κ1) is 20.1. The molecule has 1 saturated heterocycles. The van der Waals surface area contributed by atoms with Gasteiger partial charge in [0.2, 0.25) is 10.0 Å². The lowest BCUT2D eigenvalue weighted by Gasteiger charge is -2.34. The molecule has 1 aromatic carbocycles. The monoisotopic (exact) mass is 416 g/mol. The van der Waals surface area contributed by atoms with Crippen LogP contribution in [0.3, 0.4) is 0 Å². The molecular weight excluding hydrogens is 388 g/mol. The maximum absolute atomic E-state index is 12.6. The van der Waals surface area contributed by atoms with Crippen LogP contribution in [0.4, 0.5) is 5.82 Å². The summed E-state index contributed by atoms with van der Waals surface area (Å²) in [5.41, 5.74) is 2.30. The molecular formula is C21H28N4O3S. The Hall–Kier alpha value is -2.19. The number of rotatable bonds is 8. The summed E-state index contributed by atoms with van der Waals surface area (Å²) in [5, 5.41) is 8.66. The first-order valence-electron chi connectivity index (χ1n) is 10.3. The first-order valence-corrected chi connectivity index (χ1v) is 11.9. The van der Waals surface area contributed by atoms with Gasteiger partial charge in [-0.15, -0.1) is 5.10 Å². The molecule has 1 saturated carbocycles. The van der Waals surface area contributed by atoms with Crippen LogP contribution in [0.15, 0.2) is 36.4 Å². The molecule has 29 heavy (non-hydrogen) atoms. The van der Waals surface area contributed by atoms with Crippen LogP contribution in [0.2, 0.25) is 0 Å². The Morgan fingerprint density at radius 3 is 2.31 bits per heavy atom. The van der Waals surface area contributed by atoms with Gasteiger partial charge in [0.25, 0.3) is 0 Å². The third-order valence-electron chi connectivity index (χ3n) is 5.56. The first-order chi connectivity index (χ1) is 14.0. The minimum Gasteiger partial charge on any atom is -0.492 e. The van der Waals surface area contributed by atoms with Gasteiger partial charge in [-0.05, 0) is 49.1 Å². The van der Waals surface area contributed by atoms with Gasteiger partial charge in [0.1, 0.15) is 12.4 Å². The van der Waals surface area contributed by atoms with Crippen molar-refractivity contribution >= 4 is 15.8 Å².